The van der Waals surface area contributed by atoms with Crippen molar-refractivity contribution in [2.75, 3.05) is 0 Å². The fraction of sp³-hybridized carbons (Fsp3) is 0.407. The summed E-state index contributed by atoms with van der Waals surface area (Å²) in [6.45, 7) is 5.27. The summed E-state index contributed by atoms with van der Waals surface area (Å²) < 4.78 is 6.40. The van der Waals surface area contributed by atoms with E-state index in [1.807, 2.05) is 0 Å². The third-order valence-electron chi connectivity index (χ3n) is 5.67. The Balaban J connectivity index is 1.68. The van der Waals surface area contributed by atoms with Crippen molar-refractivity contribution in [1.29, 1.82) is 0 Å². The maximum absolute atomic E-state index is 6.40. The predicted octanol–water partition coefficient (Wildman–Crippen LogP) is 7.43. The lowest BCUT2D eigenvalue weighted by molar-refractivity contribution is 0.0701. The molecule has 1 nitrogen and oxygen atoms in total. The molecular weight excluding hydrogens is 340 g/mol. The van der Waals surface area contributed by atoms with Crippen LogP contribution in [0.4, 0.5) is 0 Å². The highest BCUT2D eigenvalue weighted by Gasteiger charge is 2.27. The van der Waals surface area contributed by atoms with Crippen molar-refractivity contribution in [1.82, 2.24) is 0 Å². The van der Waals surface area contributed by atoms with E-state index in [2.05, 4.69) is 80.6 Å². The minimum absolute atomic E-state index is 0.215. The molecular formula is C27H34O. The van der Waals surface area contributed by atoms with E-state index in [4.69, 9.17) is 4.74 Å². The van der Waals surface area contributed by atoms with Crippen LogP contribution in [0.1, 0.15) is 63.5 Å². The average molecular weight is 375 g/mol. The zero-order valence-electron chi connectivity index (χ0n) is 17.5. The Morgan fingerprint density at radius 2 is 1.57 bits per heavy atom. The van der Waals surface area contributed by atoms with Crippen LogP contribution in [-0.4, -0.2) is 6.10 Å². The molecule has 1 aliphatic carbocycles. The highest BCUT2D eigenvalue weighted by atomic mass is 16.5. The molecule has 1 atom stereocenters. The number of aryl methyl sites for hydroxylation is 1. The van der Waals surface area contributed by atoms with Gasteiger partial charge in [0.1, 0.15) is 0 Å². The van der Waals surface area contributed by atoms with Gasteiger partial charge in [-0.25, -0.2) is 0 Å². The summed E-state index contributed by atoms with van der Waals surface area (Å²) in [6.07, 6.45) is 11.0. The highest BCUT2D eigenvalue weighted by Crippen LogP contribution is 2.37. The minimum atomic E-state index is 0.215. The van der Waals surface area contributed by atoms with E-state index < -0.39 is 0 Å². The molecule has 0 saturated carbocycles. The van der Waals surface area contributed by atoms with E-state index >= 15 is 0 Å². The normalized spacial score (nSPS) is 18.2. The lowest BCUT2D eigenvalue weighted by atomic mass is 9.98. The lowest BCUT2D eigenvalue weighted by Crippen LogP contribution is -2.12. The molecule has 0 fully saturated rings. The Bertz CT molecular complexity index is 770. The van der Waals surface area contributed by atoms with Gasteiger partial charge in [0.15, 0.2) is 0 Å². The van der Waals surface area contributed by atoms with Gasteiger partial charge < -0.3 is 4.74 Å². The van der Waals surface area contributed by atoms with Crippen LogP contribution in [0.25, 0.3) is 0 Å². The summed E-state index contributed by atoms with van der Waals surface area (Å²) >= 11 is 0. The molecule has 0 radical (unpaired) electrons. The van der Waals surface area contributed by atoms with Crippen LogP contribution in [0.5, 0.6) is 0 Å². The van der Waals surface area contributed by atoms with E-state index in [0.717, 1.165) is 19.3 Å². The number of hydrogen-bond acceptors (Lipinski definition) is 1. The summed E-state index contributed by atoms with van der Waals surface area (Å²) in [6, 6.07) is 21.3. The highest BCUT2D eigenvalue weighted by molar-refractivity contribution is 5.44. The third kappa shape index (κ3) is 5.94. The largest absolute Gasteiger partial charge is 0.369 e. The maximum Gasteiger partial charge on any atom is 0.0866 e. The molecule has 0 bridgehead atoms. The van der Waals surface area contributed by atoms with Crippen LogP contribution >= 0.6 is 0 Å². The monoisotopic (exact) mass is 374 g/mol. The van der Waals surface area contributed by atoms with Gasteiger partial charge >= 0.3 is 0 Å². The number of benzene rings is 2. The van der Waals surface area contributed by atoms with Crippen molar-refractivity contribution in [2.24, 2.45) is 0 Å². The molecule has 1 aliphatic rings. The maximum atomic E-state index is 6.40. The standard InChI is InChI=1S/C27H34O/c1-3-4-7-18-25-22(2)20-27(28-21-24-15-10-6-11-16-24)26(25)19-12-17-23-13-8-5-9-14-23/h5-6,8-11,13-16,19,27H,3-4,7,12,17-18,20-21H2,1-2H3/b26-19+. The van der Waals surface area contributed by atoms with Crippen LogP contribution in [0.3, 0.4) is 0 Å². The summed E-state index contributed by atoms with van der Waals surface area (Å²) in [5.74, 6) is 0. The molecule has 0 spiro atoms. The van der Waals surface area contributed by atoms with E-state index in [9.17, 15) is 0 Å². The van der Waals surface area contributed by atoms with Gasteiger partial charge in [0.05, 0.1) is 12.7 Å². The summed E-state index contributed by atoms with van der Waals surface area (Å²) in [7, 11) is 0. The minimum Gasteiger partial charge on any atom is -0.369 e. The van der Waals surface area contributed by atoms with Crippen molar-refractivity contribution in [2.45, 2.75) is 71.5 Å². The van der Waals surface area contributed by atoms with Crippen molar-refractivity contribution in [3.63, 3.8) is 0 Å². The van der Waals surface area contributed by atoms with E-state index in [1.165, 1.54) is 48.0 Å². The molecule has 3 rings (SSSR count). The molecule has 0 heterocycles. The lowest BCUT2D eigenvalue weighted by Gasteiger charge is -2.17. The fourth-order valence-electron chi connectivity index (χ4n) is 4.07. The molecule has 148 valence electrons. The molecule has 0 saturated heterocycles. The Hall–Kier alpha value is -2.12. The molecule has 0 aromatic heterocycles. The van der Waals surface area contributed by atoms with Gasteiger partial charge in [0.25, 0.3) is 0 Å². The summed E-state index contributed by atoms with van der Waals surface area (Å²) in [4.78, 5) is 0. The van der Waals surface area contributed by atoms with Crippen molar-refractivity contribution < 1.29 is 4.74 Å². The first-order valence-corrected chi connectivity index (χ1v) is 10.9. The Labute approximate surface area is 171 Å². The smallest absolute Gasteiger partial charge is 0.0866 e. The first kappa shape index (κ1) is 20.6. The number of unbranched alkanes of at least 4 members (excludes halogenated alkanes) is 2. The molecule has 0 amide bonds. The molecule has 2 aromatic rings. The first-order chi connectivity index (χ1) is 13.8. The van der Waals surface area contributed by atoms with Gasteiger partial charge in [-0.15, -0.1) is 0 Å². The van der Waals surface area contributed by atoms with Crippen LogP contribution in [0.15, 0.2) is 83.5 Å². The van der Waals surface area contributed by atoms with Crippen LogP contribution in [0, 0.1) is 0 Å². The zero-order valence-corrected chi connectivity index (χ0v) is 17.5. The second kappa shape index (κ2) is 11.0. The van der Waals surface area contributed by atoms with Gasteiger partial charge in [-0.05, 0) is 61.3 Å². The second-order valence-electron chi connectivity index (χ2n) is 7.89. The van der Waals surface area contributed by atoms with E-state index in [1.54, 1.807) is 5.57 Å². The molecule has 1 heteroatoms. The molecule has 2 aromatic carbocycles. The fourth-order valence-corrected chi connectivity index (χ4v) is 4.07. The quantitative estimate of drug-likeness (QED) is 0.393. The molecule has 0 N–H and O–H groups in total. The van der Waals surface area contributed by atoms with Crippen LogP contribution in [0.2, 0.25) is 0 Å². The van der Waals surface area contributed by atoms with Gasteiger partial charge in [0, 0.05) is 0 Å². The topological polar surface area (TPSA) is 9.23 Å². The number of hydrogen-bond donors (Lipinski definition) is 0. The van der Waals surface area contributed by atoms with E-state index in [0.29, 0.717) is 6.61 Å². The molecule has 28 heavy (non-hydrogen) atoms. The molecule has 0 aliphatic heterocycles. The van der Waals surface area contributed by atoms with Crippen molar-refractivity contribution in [3.8, 4) is 0 Å². The number of allylic oxidation sites excluding steroid dienone is 1. The summed E-state index contributed by atoms with van der Waals surface area (Å²) in [5, 5.41) is 0. The first-order valence-electron chi connectivity index (χ1n) is 10.9. The van der Waals surface area contributed by atoms with Crippen LogP contribution in [-0.2, 0) is 17.8 Å². The van der Waals surface area contributed by atoms with Gasteiger partial charge in [-0.2, -0.15) is 0 Å². The average Bonchev–Trinajstić information content (AvgIpc) is 3.03. The van der Waals surface area contributed by atoms with Crippen molar-refractivity contribution in [3.05, 3.63) is 94.6 Å². The SMILES string of the molecule is CCCCCC1=C(C)CC(OCc2ccccc2)/C1=C/CCc1ccccc1. The summed E-state index contributed by atoms with van der Waals surface area (Å²) in [5.41, 5.74) is 7.22. The van der Waals surface area contributed by atoms with Gasteiger partial charge in [-0.1, -0.05) is 92.1 Å². The second-order valence-corrected chi connectivity index (χ2v) is 7.89. The number of rotatable bonds is 10. The number of ether oxygens (including phenoxy) is 1. The third-order valence-corrected chi connectivity index (χ3v) is 5.67. The van der Waals surface area contributed by atoms with E-state index in [-0.39, 0.29) is 6.10 Å². The Morgan fingerprint density at radius 1 is 0.893 bits per heavy atom. The van der Waals surface area contributed by atoms with Gasteiger partial charge in [0.2, 0.25) is 0 Å². The Kier molecular flexibility index (Phi) is 8.11. The zero-order chi connectivity index (χ0) is 19.6. The Morgan fingerprint density at radius 3 is 2.25 bits per heavy atom. The predicted molar refractivity (Wildman–Crippen MR) is 119 cm³/mol. The van der Waals surface area contributed by atoms with Gasteiger partial charge in [-0.3, -0.25) is 0 Å². The van der Waals surface area contributed by atoms with Crippen molar-refractivity contribution >= 4 is 0 Å². The van der Waals surface area contributed by atoms with Crippen LogP contribution < -0.4 is 0 Å². The molecule has 1 unspecified atom stereocenters.